The molecule has 4 nitrogen and oxygen atoms in total. The topological polar surface area (TPSA) is 63.4 Å². The number of carbonyl (C=O) groups is 2. The van der Waals surface area contributed by atoms with Crippen LogP contribution in [0.3, 0.4) is 0 Å². The zero-order valence-electron chi connectivity index (χ0n) is 11.0. The third-order valence-corrected chi connectivity index (χ3v) is 3.90. The van der Waals surface area contributed by atoms with Gasteiger partial charge in [-0.25, -0.2) is 0 Å². The maximum atomic E-state index is 12.6. The van der Waals surface area contributed by atoms with Crippen LogP contribution in [-0.2, 0) is 0 Å². The predicted octanol–water partition coefficient (Wildman–Crippen LogP) is 2.45. The van der Waals surface area contributed by atoms with E-state index in [2.05, 4.69) is 0 Å². The second-order valence-electron chi connectivity index (χ2n) is 5.04. The predicted molar refractivity (Wildman–Crippen MR) is 74.3 cm³/mol. The Balaban J connectivity index is 2.41. The molecule has 0 bridgehead atoms. The number of halogens is 1. The third kappa shape index (κ3) is 2.59. The largest absolute Gasteiger partial charge is 0.366 e. The summed E-state index contributed by atoms with van der Waals surface area (Å²) in [5.41, 5.74) is 5.84. The molecule has 2 N–H and O–H groups in total. The molecule has 0 aromatic heterocycles. The Hall–Kier alpha value is -1.55. The van der Waals surface area contributed by atoms with E-state index in [9.17, 15) is 9.59 Å². The van der Waals surface area contributed by atoms with Crippen LogP contribution >= 0.6 is 11.6 Å². The molecule has 0 saturated carbocycles. The Morgan fingerprint density at radius 1 is 1.21 bits per heavy atom. The number of amides is 2. The number of primary amides is 1. The van der Waals surface area contributed by atoms with Crippen LogP contribution in [0.5, 0.6) is 0 Å². The number of carbonyl (C=O) groups excluding carboxylic acids is 2. The molecule has 0 radical (unpaired) electrons. The SMILES string of the molecule is CC1CCC(C)N1C(=O)c1ccc(Cl)cc1C(N)=O. The molecule has 1 aliphatic rings. The molecular formula is C14H17ClN2O2. The van der Waals surface area contributed by atoms with E-state index in [0.29, 0.717) is 10.6 Å². The highest BCUT2D eigenvalue weighted by Gasteiger charge is 2.33. The number of nitrogens with zero attached hydrogens (tertiary/aromatic N) is 1. The highest BCUT2D eigenvalue weighted by Crippen LogP contribution is 2.27. The van der Waals surface area contributed by atoms with Crippen molar-refractivity contribution in [2.45, 2.75) is 38.8 Å². The maximum absolute atomic E-state index is 12.6. The molecular weight excluding hydrogens is 264 g/mol. The first-order valence-electron chi connectivity index (χ1n) is 6.34. The smallest absolute Gasteiger partial charge is 0.255 e. The first-order valence-corrected chi connectivity index (χ1v) is 6.71. The normalized spacial score (nSPS) is 22.6. The lowest BCUT2D eigenvalue weighted by Crippen LogP contribution is -2.39. The fraction of sp³-hybridized carbons (Fsp3) is 0.429. The second kappa shape index (κ2) is 5.21. The van der Waals surface area contributed by atoms with Gasteiger partial charge in [-0.05, 0) is 44.9 Å². The summed E-state index contributed by atoms with van der Waals surface area (Å²) in [5.74, 6) is -0.784. The first-order chi connectivity index (χ1) is 8.91. The molecule has 1 aliphatic heterocycles. The van der Waals surface area contributed by atoms with Gasteiger partial charge in [0.2, 0.25) is 5.91 Å². The molecule has 2 unspecified atom stereocenters. The lowest BCUT2D eigenvalue weighted by atomic mass is 10.0. The molecule has 1 heterocycles. The molecule has 2 atom stereocenters. The molecule has 2 amide bonds. The molecule has 1 aromatic rings. The number of benzene rings is 1. The molecule has 2 rings (SSSR count). The average molecular weight is 281 g/mol. The van der Waals surface area contributed by atoms with Crippen molar-refractivity contribution >= 4 is 23.4 Å². The number of hydrogen-bond donors (Lipinski definition) is 1. The average Bonchev–Trinajstić information content (AvgIpc) is 2.68. The van der Waals surface area contributed by atoms with Crippen LogP contribution < -0.4 is 5.73 Å². The number of hydrogen-bond acceptors (Lipinski definition) is 2. The van der Waals surface area contributed by atoms with Gasteiger partial charge in [-0.1, -0.05) is 11.6 Å². The summed E-state index contributed by atoms with van der Waals surface area (Å²) in [5, 5.41) is 0.396. The van der Waals surface area contributed by atoms with Crippen molar-refractivity contribution in [3.05, 3.63) is 34.3 Å². The quantitative estimate of drug-likeness (QED) is 0.904. The molecule has 1 aromatic carbocycles. The highest BCUT2D eigenvalue weighted by atomic mass is 35.5. The third-order valence-electron chi connectivity index (χ3n) is 3.66. The Morgan fingerprint density at radius 3 is 2.32 bits per heavy atom. The van der Waals surface area contributed by atoms with Crippen LogP contribution in [0.4, 0.5) is 0 Å². The minimum atomic E-state index is -0.634. The molecule has 5 heteroatoms. The van der Waals surface area contributed by atoms with Crippen LogP contribution in [0.25, 0.3) is 0 Å². The van der Waals surface area contributed by atoms with Gasteiger partial charge in [0.05, 0.1) is 11.1 Å². The zero-order valence-corrected chi connectivity index (χ0v) is 11.8. The monoisotopic (exact) mass is 280 g/mol. The van der Waals surface area contributed by atoms with Gasteiger partial charge < -0.3 is 10.6 Å². The van der Waals surface area contributed by atoms with Crippen molar-refractivity contribution in [1.82, 2.24) is 4.90 Å². The molecule has 102 valence electrons. The van der Waals surface area contributed by atoms with Gasteiger partial charge in [0, 0.05) is 17.1 Å². The summed E-state index contributed by atoms with van der Waals surface area (Å²) in [6.07, 6.45) is 1.96. The highest BCUT2D eigenvalue weighted by molar-refractivity contribution is 6.31. The van der Waals surface area contributed by atoms with Gasteiger partial charge in [0.15, 0.2) is 0 Å². The second-order valence-corrected chi connectivity index (χ2v) is 5.48. The van der Waals surface area contributed by atoms with Crippen LogP contribution in [-0.4, -0.2) is 28.8 Å². The van der Waals surface area contributed by atoms with Gasteiger partial charge in [-0.3, -0.25) is 9.59 Å². The van der Waals surface area contributed by atoms with Crippen molar-refractivity contribution < 1.29 is 9.59 Å². The van der Waals surface area contributed by atoms with Crippen LogP contribution in [0.2, 0.25) is 5.02 Å². The molecule has 0 spiro atoms. The summed E-state index contributed by atoms with van der Waals surface area (Å²) < 4.78 is 0. The van der Waals surface area contributed by atoms with Crippen LogP contribution in [0.1, 0.15) is 47.4 Å². The summed E-state index contributed by atoms with van der Waals surface area (Å²) in [4.78, 5) is 25.8. The van der Waals surface area contributed by atoms with E-state index in [1.165, 1.54) is 6.07 Å². The number of nitrogens with two attached hydrogens (primary N) is 1. The summed E-state index contributed by atoms with van der Waals surface area (Å²) in [6, 6.07) is 4.98. The number of likely N-dealkylation sites (tertiary alicyclic amines) is 1. The minimum Gasteiger partial charge on any atom is -0.366 e. The van der Waals surface area contributed by atoms with Gasteiger partial charge in [0.25, 0.3) is 5.91 Å². The Kier molecular flexibility index (Phi) is 3.80. The van der Waals surface area contributed by atoms with Crippen molar-refractivity contribution in [2.24, 2.45) is 5.73 Å². The Labute approximate surface area is 117 Å². The van der Waals surface area contributed by atoms with E-state index < -0.39 is 5.91 Å². The summed E-state index contributed by atoms with van der Waals surface area (Å²) in [7, 11) is 0. The zero-order chi connectivity index (χ0) is 14.2. The lowest BCUT2D eigenvalue weighted by molar-refractivity contribution is 0.0688. The van der Waals surface area contributed by atoms with E-state index in [1.807, 2.05) is 18.7 Å². The fourth-order valence-electron chi connectivity index (χ4n) is 2.64. The summed E-state index contributed by atoms with van der Waals surface area (Å²) in [6.45, 7) is 4.03. The standard InChI is InChI=1S/C14H17ClN2O2/c1-8-3-4-9(2)17(8)14(19)11-6-5-10(15)7-12(11)13(16)18/h5-9H,3-4H2,1-2H3,(H2,16,18). The van der Waals surface area contributed by atoms with E-state index in [1.54, 1.807) is 12.1 Å². The molecule has 19 heavy (non-hydrogen) atoms. The van der Waals surface area contributed by atoms with E-state index in [0.717, 1.165) is 12.8 Å². The van der Waals surface area contributed by atoms with Crippen LogP contribution in [0.15, 0.2) is 18.2 Å². The van der Waals surface area contributed by atoms with Gasteiger partial charge in [-0.2, -0.15) is 0 Å². The van der Waals surface area contributed by atoms with E-state index in [-0.39, 0.29) is 23.6 Å². The maximum Gasteiger partial charge on any atom is 0.255 e. The Bertz CT molecular complexity index is 520. The van der Waals surface area contributed by atoms with Crippen molar-refractivity contribution in [2.75, 3.05) is 0 Å². The van der Waals surface area contributed by atoms with Crippen molar-refractivity contribution in [3.63, 3.8) is 0 Å². The molecule has 1 saturated heterocycles. The van der Waals surface area contributed by atoms with Gasteiger partial charge in [-0.15, -0.1) is 0 Å². The number of rotatable bonds is 2. The first kappa shape index (κ1) is 13.9. The van der Waals surface area contributed by atoms with Crippen LogP contribution in [0, 0.1) is 0 Å². The van der Waals surface area contributed by atoms with Gasteiger partial charge in [0.1, 0.15) is 0 Å². The van der Waals surface area contributed by atoms with E-state index in [4.69, 9.17) is 17.3 Å². The molecule has 1 fully saturated rings. The lowest BCUT2D eigenvalue weighted by Gasteiger charge is -2.27. The minimum absolute atomic E-state index is 0.150. The van der Waals surface area contributed by atoms with E-state index >= 15 is 0 Å². The molecule has 0 aliphatic carbocycles. The summed E-state index contributed by atoms with van der Waals surface area (Å²) >= 11 is 5.85. The Morgan fingerprint density at radius 2 is 1.79 bits per heavy atom. The van der Waals surface area contributed by atoms with Gasteiger partial charge >= 0.3 is 0 Å². The fourth-order valence-corrected chi connectivity index (χ4v) is 2.81. The van der Waals surface area contributed by atoms with Crippen molar-refractivity contribution in [1.29, 1.82) is 0 Å². The van der Waals surface area contributed by atoms with Crippen molar-refractivity contribution in [3.8, 4) is 0 Å².